The van der Waals surface area contributed by atoms with E-state index in [9.17, 15) is 0 Å². The highest BCUT2D eigenvalue weighted by Gasteiger charge is 2.21. The van der Waals surface area contributed by atoms with E-state index in [1.165, 1.54) is 20.5 Å². The molecule has 0 aliphatic carbocycles. The topological polar surface area (TPSA) is 72.0 Å². The summed E-state index contributed by atoms with van der Waals surface area (Å²) in [7, 11) is 0. The second kappa shape index (κ2) is 7.58. The van der Waals surface area contributed by atoms with Crippen molar-refractivity contribution in [1.82, 2.24) is 20.3 Å². The van der Waals surface area contributed by atoms with Gasteiger partial charge < -0.3 is 15.4 Å². The predicted octanol–water partition coefficient (Wildman–Crippen LogP) is 3.60. The van der Waals surface area contributed by atoms with Crippen molar-refractivity contribution in [2.75, 3.05) is 18.5 Å². The van der Waals surface area contributed by atoms with Crippen LogP contribution in [0.2, 0.25) is 0 Å². The second-order valence-corrected chi connectivity index (χ2v) is 8.44. The predicted molar refractivity (Wildman–Crippen MR) is 112 cm³/mol. The fourth-order valence-electron chi connectivity index (χ4n) is 3.76. The molecule has 1 saturated heterocycles. The van der Waals surface area contributed by atoms with Crippen molar-refractivity contribution in [3.63, 3.8) is 0 Å². The first-order valence-electron chi connectivity index (χ1n) is 9.76. The van der Waals surface area contributed by atoms with Gasteiger partial charge in [-0.2, -0.15) is 0 Å². The van der Waals surface area contributed by atoms with Gasteiger partial charge in [0.05, 0.1) is 5.69 Å². The van der Waals surface area contributed by atoms with Gasteiger partial charge >= 0.3 is 0 Å². The quantitative estimate of drug-likeness (QED) is 0.708. The van der Waals surface area contributed by atoms with Crippen LogP contribution in [0.25, 0.3) is 15.7 Å². The van der Waals surface area contributed by atoms with Gasteiger partial charge in [-0.3, -0.25) is 4.98 Å². The first-order valence-corrected chi connectivity index (χ1v) is 10.6. The summed E-state index contributed by atoms with van der Waals surface area (Å²) in [5.41, 5.74) is 3.34. The van der Waals surface area contributed by atoms with E-state index < -0.39 is 0 Å². The highest BCUT2D eigenvalue weighted by atomic mass is 32.1. The van der Waals surface area contributed by atoms with Crippen LogP contribution >= 0.6 is 11.3 Å². The lowest BCUT2D eigenvalue weighted by Crippen LogP contribution is -2.29. The lowest BCUT2D eigenvalue weighted by Gasteiger charge is -2.23. The molecule has 0 radical (unpaired) electrons. The highest BCUT2D eigenvalue weighted by Crippen LogP contribution is 2.35. The Hall–Kier alpha value is -2.35. The lowest BCUT2D eigenvalue weighted by molar-refractivity contribution is 0.0903. The number of hydrogen-bond acceptors (Lipinski definition) is 7. The average molecular weight is 394 g/mol. The molecule has 144 valence electrons. The molecular formula is C21H23N5OS. The van der Waals surface area contributed by atoms with Crippen LogP contribution in [-0.4, -0.2) is 40.2 Å². The lowest BCUT2D eigenvalue weighted by atomic mass is 10.0. The van der Waals surface area contributed by atoms with Gasteiger partial charge in [0, 0.05) is 71.0 Å². The van der Waals surface area contributed by atoms with Gasteiger partial charge in [0.2, 0.25) is 5.95 Å². The van der Waals surface area contributed by atoms with Gasteiger partial charge in [0.1, 0.15) is 0 Å². The van der Waals surface area contributed by atoms with Crippen molar-refractivity contribution in [2.45, 2.75) is 38.4 Å². The molecule has 2 N–H and O–H groups in total. The average Bonchev–Trinajstić information content (AvgIpc) is 3.08. The number of thiophene rings is 1. The van der Waals surface area contributed by atoms with E-state index in [2.05, 4.69) is 45.7 Å². The standard InChI is InChI=1S/C21H23N5OS/c1-13-8-16(20-9-14-10-22-5-2-19(14)28-20)17-11-24-21(26-18(17)12-23-13)25-15-3-6-27-7-4-15/h2,5,8-11,13,15,23H,3-4,6-7,12H2,1H3,(H,24,25,26)/t13-/m1/s1. The molecule has 0 saturated carbocycles. The van der Waals surface area contributed by atoms with Crippen LogP contribution in [0.5, 0.6) is 0 Å². The van der Waals surface area contributed by atoms with Crippen LogP contribution in [0.15, 0.2) is 36.8 Å². The van der Waals surface area contributed by atoms with Crippen molar-refractivity contribution in [3.05, 3.63) is 52.9 Å². The Morgan fingerprint density at radius 2 is 2.14 bits per heavy atom. The second-order valence-electron chi connectivity index (χ2n) is 7.36. The number of pyridine rings is 1. The summed E-state index contributed by atoms with van der Waals surface area (Å²) in [6.07, 6.45) is 10.0. The van der Waals surface area contributed by atoms with Crippen molar-refractivity contribution < 1.29 is 4.74 Å². The van der Waals surface area contributed by atoms with E-state index in [1.807, 2.05) is 18.6 Å². The molecule has 6 nitrogen and oxygen atoms in total. The molecular weight excluding hydrogens is 370 g/mol. The Kier molecular flexibility index (Phi) is 4.80. The summed E-state index contributed by atoms with van der Waals surface area (Å²) < 4.78 is 6.69. The summed E-state index contributed by atoms with van der Waals surface area (Å²) in [6.45, 7) is 4.51. The summed E-state index contributed by atoms with van der Waals surface area (Å²) in [6, 6.07) is 4.93. The molecule has 5 heterocycles. The van der Waals surface area contributed by atoms with Crippen LogP contribution in [0.3, 0.4) is 0 Å². The van der Waals surface area contributed by atoms with Gasteiger partial charge in [0.25, 0.3) is 0 Å². The van der Waals surface area contributed by atoms with Crippen LogP contribution in [0, 0.1) is 0 Å². The molecule has 1 fully saturated rings. The third-order valence-corrected chi connectivity index (χ3v) is 6.45. The third kappa shape index (κ3) is 3.53. The molecule has 5 rings (SSSR count). The number of aromatic nitrogens is 3. The zero-order chi connectivity index (χ0) is 18.9. The molecule has 0 unspecified atom stereocenters. The monoisotopic (exact) mass is 393 g/mol. The maximum absolute atomic E-state index is 5.44. The van der Waals surface area contributed by atoms with Crippen LogP contribution in [0.1, 0.15) is 35.9 Å². The minimum atomic E-state index is 0.263. The number of rotatable bonds is 3. The van der Waals surface area contributed by atoms with E-state index in [-0.39, 0.29) is 6.04 Å². The zero-order valence-electron chi connectivity index (χ0n) is 15.8. The maximum atomic E-state index is 5.44. The number of fused-ring (bicyclic) bond motifs is 2. The molecule has 2 aliphatic heterocycles. The zero-order valence-corrected chi connectivity index (χ0v) is 16.6. The van der Waals surface area contributed by atoms with E-state index >= 15 is 0 Å². The summed E-state index contributed by atoms with van der Waals surface area (Å²) in [5.74, 6) is 0.710. The van der Waals surface area contributed by atoms with Crippen molar-refractivity contribution >= 4 is 32.9 Å². The number of anilines is 1. The van der Waals surface area contributed by atoms with Gasteiger partial charge in [-0.15, -0.1) is 11.3 Å². The first-order chi connectivity index (χ1) is 13.8. The molecule has 7 heteroatoms. The molecule has 3 aromatic rings. The number of hydrogen-bond donors (Lipinski definition) is 2. The maximum Gasteiger partial charge on any atom is 0.223 e. The van der Waals surface area contributed by atoms with Gasteiger partial charge in [-0.05, 0) is 37.5 Å². The first kappa shape index (κ1) is 17.7. The molecule has 1 atom stereocenters. The summed E-state index contributed by atoms with van der Waals surface area (Å²) in [4.78, 5) is 15.0. The van der Waals surface area contributed by atoms with E-state index in [1.54, 1.807) is 11.3 Å². The van der Waals surface area contributed by atoms with Crippen LogP contribution in [0.4, 0.5) is 5.95 Å². The number of ether oxygens (including phenoxy) is 1. The molecule has 2 aliphatic rings. The fourth-order valence-corrected chi connectivity index (χ4v) is 4.83. The largest absolute Gasteiger partial charge is 0.381 e. The number of nitrogens with zero attached hydrogens (tertiary/aromatic N) is 3. The fraction of sp³-hybridized carbons (Fsp3) is 0.381. The molecule has 28 heavy (non-hydrogen) atoms. The Balaban J connectivity index is 1.50. The molecule has 3 aromatic heterocycles. The van der Waals surface area contributed by atoms with Gasteiger partial charge in [-0.1, -0.05) is 6.08 Å². The Labute approximate surface area is 168 Å². The van der Waals surface area contributed by atoms with Crippen molar-refractivity contribution in [3.8, 4) is 0 Å². The van der Waals surface area contributed by atoms with E-state index in [0.29, 0.717) is 12.0 Å². The summed E-state index contributed by atoms with van der Waals surface area (Å²) in [5, 5.41) is 8.20. The van der Waals surface area contributed by atoms with Crippen molar-refractivity contribution in [1.29, 1.82) is 0 Å². The molecule has 0 amide bonds. The molecule has 0 bridgehead atoms. The minimum Gasteiger partial charge on any atom is -0.381 e. The Morgan fingerprint density at radius 3 is 3.00 bits per heavy atom. The molecule has 0 aromatic carbocycles. The van der Waals surface area contributed by atoms with E-state index in [0.717, 1.165) is 43.9 Å². The molecule has 0 spiro atoms. The van der Waals surface area contributed by atoms with Crippen LogP contribution < -0.4 is 10.6 Å². The summed E-state index contributed by atoms with van der Waals surface area (Å²) >= 11 is 1.79. The van der Waals surface area contributed by atoms with Crippen LogP contribution in [-0.2, 0) is 11.3 Å². The van der Waals surface area contributed by atoms with E-state index in [4.69, 9.17) is 9.72 Å². The highest BCUT2D eigenvalue weighted by molar-refractivity contribution is 7.20. The Morgan fingerprint density at radius 1 is 1.25 bits per heavy atom. The van der Waals surface area contributed by atoms with Gasteiger partial charge in [-0.25, -0.2) is 9.97 Å². The number of nitrogens with one attached hydrogen (secondary N) is 2. The SMILES string of the molecule is C[C@@H]1C=C(c2cc3cnccc3s2)c2cnc(NC3CCOCC3)nc2CN1. The minimum absolute atomic E-state index is 0.263. The Bertz CT molecular complexity index is 992. The normalized spacial score (nSPS) is 20.5. The smallest absolute Gasteiger partial charge is 0.223 e. The van der Waals surface area contributed by atoms with Crippen molar-refractivity contribution in [2.24, 2.45) is 0 Å². The van der Waals surface area contributed by atoms with Gasteiger partial charge in [0.15, 0.2) is 0 Å². The third-order valence-electron chi connectivity index (χ3n) is 5.30.